The van der Waals surface area contributed by atoms with Gasteiger partial charge in [-0.3, -0.25) is 9.59 Å². The van der Waals surface area contributed by atoms with E-state index in [4.69, 9.17) is 0 Å². The fraction of sp³-hybridized carbons (Fsp3) is 0.440. The summed E-state index contributed by atoms with van der Waals surface area (Å²) in [7, 11) is 0. The number of ketones is 1. The zero-order chi connectivity index (χ0) is 20.3. The summed E-state index contributed by atoms with van der Waals surface area (Å²) in [5.41, 5.74) is 2.66. The van der Waals surface area contributed by atoms with E-state index in [0.717, 1.165) is 25.0 Å². The quantitative estimate of drug-likeness (QED) is 0.318. The third-order valence-electron chi connectivity index (χ3n) is 5.41. The van der Waals surface area contributed by atoms with Crippen molar-refractivity contribution in [2.75, 3.05) is 6.54 Å². The molecule has 1 heterocycles. The molecule has 29 heavy (non-hydrogen) atoms. The number of amides is 1. The number of Topliss-reactive ketones (excluding diaryl/α,β-unsaturated/α-hetero) is 1. The predicted octanol–water partition coefficient (Wildman–Crippen LogP) is 5.63. The molecule has 2 aromatic carbocycles. The molecular weight excluding hydrogens is 378 g/mol. The summed E-state index contributed by atoms with van der Waals surface area (Å²) in [6.07, 6.45) is 7.93. The van der Waals surface area contributed by atoms with Gasteiger partial charge in [0.1, 0.15) is 0 Å². The Bertz CT molecular complexity index is 763. The molecule has 0 saturated carbocycles. The van der Waals surface area contributed by atoms with Gasteiger partial charge in [-0.05, 0) is 30.4 Å². The highest BCUT2D eigenvalue weighted by atomic mass is 32.2. The third-order valence-corrected chi connectivity index (χ3v) is 6.72. The molecule has 1 aliphatic rings. The number of hydrogen-bond acceptors (Lipinski definition) is 3. The molecule has 1 amide bonds. The highest BCUT2D eigenvalue weighted by Crippen LogP contribution is 2.31. The smallest absolute Gasteiger partial charge is 0.226 e. The van der Waals surface area contributed by atoms with Crippen LogP contribution in [0.15, 0.2) is 60.7 Å². The van der Waals surface area contributed by atoms with Crippen LogP contribution in [-0.2, 0) is 21.8 Å². The summed E-state index contributed by atoms with van der Waals surface area (Å²) in [6.45, 7) is 0.291. The predicted molar refractivity (Wildman–Crippen MR) is 121 cm³/mol. The van der Waals surface area contributed by atoms with Gasteiger partial charge in [0, 0.05) is 12.2 Å². The fourth-order valence-electron chi connectivity index (χ4n) is 3.63. The van der Waals surface area contributed by atoms with Crippen molar-refractivity contribution >= 4 is 23.5 Å². The summed E-state index contributed by atoms with van der Waals surface area (Å²) >= 11 is 1.76. The van der Waals surface area contributed by atoms with Crippen LogP contribution in [-0.4, -0.2) is 28.5 Å². The molecule has 0 radical (unpaired) electrons. The molecule has 0 aromatic heterocycles. The van der Waals surface area contributed by atoms with Crippen LogP contribution in [0.2, 0.25) is 0 Å². The molecule has 154 valence electrons. The van der Waals surface area contributed by atoms with Crippen molar-refractivity contribution in [3.05, 3.63) is 71.8 Å². The number of nitrogens with zero attached hydrogens (tertiary/aromatic N) is 1. The van der Waals surface area contributed by atoms with Gasteiger partial charge in [0.05, 0.1) is 18.3 Å². The van der Waals surface area contributed by atoms with Gasteiger partial charge in [-0.25, -0.2) is 0 Å². The van der Waals surface area contributed by atoms with Gasteiger partial charge in [-0.2, -0.15) is 0 Å². The lowest BCUT2D eigenvalue weighted by atomic mass is 10.0. The van der Waals surface area contributed by atoms with Crippen LogP contribution in [0, 0.1) is 0 Å². The second-order valence-corrected chi connectivity index (χ2v) is 8.94. The van der Waals surface area contributed by atoms with Crippen LogP contribution in [0.25, 0.3) is 0 Å². The zero-order valence-corrected chi connectivity index (χ0v) is 17.9. The van der Waals surface area contributed by atoms with E-state index in [9.17, 15) is 9.59 Å². The second kappa shape index (κ2) is 11.8. The van der Waals surface area contributed by atoms with Crippen molar-refractivity contribution in [1.29, 1.82) is 0 Å². The molecule has 0 spiro atoms. The van der Waals surface area contributed by atoms with Gasteiger partial charge in [-0.15, -0.1) is 11.8 Å². The molecule has 0 aliphatic carbocycles. The largest absolute Gasteiger partial charge is 0.323 e. The molecule has 1 unspecified atom stereocenters. The van der Waals surface area contributed by atoms with Crippen molar-refractivity contribution < 1.29 is 9.59 Å². The highest BCUT2D eigenvalue weighted by Gasteiger charge is 2.37. The van der Waals surface area contributed by atoms with Crippen molar-refractivity contribution in [1.82, 2.24) is 4.90 Å². The molecule has 1 fully saturated rings. The summed E-state index contributed by atoms with van der Waals surface area (Å²) in [4.78, 5) is 26.0. The lowest BCUT2D eigenvalue weighted by Gasteiger charge is -2.39. The van der Waals surface area contributed by atoms with Gasteiger partial charge in [-0.1, -0.05) is 79.9 Å². The fourth-order valence-corrected chi connectivity index (χ4v) is 4.84. The zero-order valence-electron chi connectivity index (χ0n) is 17.1. The topological polar surface area (TPSA) is 37.4 Å². The van der Waals surface area contributed by atoms with Gasteiger partial charge in [0.25, 0.3) is 0 Å². The van der Waals surface area contributed by atoms with E-state index in [1.165, 1.54) is 30.4 Å². The maximum Gasteiger partial charge on any atom is 0.226 e. The molecule has 1 saturated heterocycles. The SMILES string of the molecule is O=C(CCCCCCCc1ccccc1)CN1C(=O)CC1SCc1ccccc1. The third kappa shape index (κ3) is 7.36. The van der Waals surface area contributed by atoms with E-state index in [1.807, 2.05) is 18.2 Å². The molecule has 2 aromatic rings. The van der Waals surface area contributed by atoms with Crippen LogP contribution >= 0.6 is 11.8 Å². The first-order chi connectivity index (χ1) is 14.2. The second-order valence-electron chi connectivity index (χ2n) is 7.77. The standard InChI is InChI=1S/C25H31NO2S/c27-23(17-11-3-1-2-6-12-21-13-7-4-8-14-21)19-26-24(28)18-25(26)29-20-22-15-9-5-10-16-22/h4-5,7-10,13-16,25H,1-3,6,11-12,17-20H2. The van der Waals surface area contributed by atoms with Gasteiger partial charge in [0.15, 0.2) is 5.78 Å². The normalized spacial score (nSPS) is 15.9. The van der Waals surface area contributed by atoms with E-state index in [-0.39, 0.29) is 17.1 Å². The first-order valence-electron chi connectivity index (χ1n) is 10.7. The molecule has 3 rings (SSSR count). The molecule has 4 heteroatoms. The summed E-state index contributed by atoms with van der Waals surface area (Å²) in [6, 6.07) is 20.9. The average Bonchev–Trinajstić information content (AvgIpc) is 2.75. The molecule has 3 nitrogen and oxygen atoms in total. The highest BCUT2D eigenvalue weighted by molar-refractivity contribution is 7.99. The minimum Gasteiger partial charge on any atom is -0.323 e. The maximum absolute atomic E-state index is 12.3. The Morgan fingerprint density at radius 3 is 2.17 bits per heavy atom. The van der Waals surface area contributed by atoms with E-state index < -0.39 is 0 Å². The van der Waals surface area contributed by atoms with Crippen LogP contribution in [0.1, 0.15) is 56.1 Å². The number of thioether (sulfide) groups is 1. The molecule has 0 N–H and O–H groups in total. The first-order valence-corrected chi connectivity index (χ1v) is 11.8. The first kappa shape index (κ1) is 21.6. The average molecular weight is 410 g/mol. The molecule has 1 aliphatic heterocycles. The summed E-state index contributed by atoms with van der Waals surface area (Å²) in [5, 5.41) is 0.157. The van der Waals surface area contributed by atoms with Gasteiger partial charge < -0.3 is 4.90 Å². The lowest BCUT2D eigenvalue weighted by molar-refractivity contribution is -0.144. The lowest BCUT2D eigenvalue weighted by Crippen LogP contribution is -2.52. The van der Waals surface area contributed by atoms with Crippen LogP contribution in [0.5, 0.6) is 0 Å². The minimum absolute atomic E-state index is 0.116. The maximum atomic E-state index is 12.3. The summed E-state index contributed by atoms with van der Waals surface area (Å²) in [5.74, 6) is 1.20. The van der Waals surface area contributed by atoms with E-state index in [2.05, 4.69) is 42.5 Å². The van der Waals surface area contributed by atoms with Crippen molar-refractivity contribution in [3.63, 3.8) is 0 Å². The number of aryl methyl sites for hydroxylation is 1. The number of benzene rings is 2. The minimum atomic E-state index is 0.116. The van der Waals surface area contributed by atoms with E-state index >= 15 is 0 Å². The Balaban J connectivity index is 1.24. The number of carbonyl (C=O) groups is 2. The van der Waals surface area contributed by atoms with E-state index in [0.29, 0.717) is 19.4 Å². The number of hydrogen-bond donors (Lipinski definition) is 0. The van der Waals surface area contributed by atoms with Crippen LogP contribution in [0.3, 0.4) is 0 Å². The summed E-state index contributed by atoms with van der Waals surface area (Å²) < 4.78 is 0. The molecule has 0 bridgehead atoms. The Hall–Kier alpha value is -2.07. The van der Waals surface area contributed by atoms with Crippen LogP contribution in [0.4, 0.5) is 0 Å². The number of β-lactam (4-membered cyclic amide) rings is 1. The molecule has 1 atom stereocenters. The van der Waals surface area contributed by atoms with Crippen molar-refractivity contribution in [2.24, 2.45) is 0 Å². The van der Waals surface area contributed by atoms with Crippen LogP contribution < -0.4 is 0 Å². The van der Waals surface area contributed by atoms with E-state index in [1.54, 1.807) is 16.7 Å². The number of carbonyl (C=O) groups excluding carboxylic acids is 2. The Morgan fingerprint density at radius 2 is 1.48 bits per heavy atom. The Morgan fingerprint density at radius 1 is 0.862 bits per heavy atom. The van der Waals surface area contributed by atoms with Gasteiger partial charge >= 0.3 is 0 Å². The van der Waals surface area contributed by atoms with Crippen molar-refractivity contribution in [3.8, 4) is 0 Å². The molecular formula is C25H31NO2S. The Labute approximate surface area is 178 Å². The Kier molecular flexibility index (Phi) is 8.82. The van der Waals surface area contributed by atoms with Crippen molar-refractivity contribution in [2.45, 2.75) is 62.5 Å². The monoisotopic (exact) mass is 409 g/mol. The van der Waals surface area contributed by atoms with Gasteiger partial charge in [0.2, 0.25) is 5.91 Å². The number of rotatable bonds is 13. The number of likely N-dealkylation sites (tertiary alicyclic amines) is 1. The number of unbranched alkanes of at least 4 members (excludes halogenated alkanes) is 4.